The van der Waals surface area contributed by atoms with Crippen molar-refractivity contribution in [3.8, 4) is 0 Å². The zero-order chi connectivity index (χ0) is 14.6. The summed E-state index contributed by atoms with van der Waals surface area (Å²) in [5, 5.41) is 17.6. The second kappa shape index (κ2) is 6.70. The van der Waals surface area contributed by atoms with E-state index in [2.05, 4.69) is 37.4 Å². The second-order valence-electron chi connectivity index (χ2n) is 6.22. The Labute approximate surface area is 121 Å². The van der Waals surface area contributed by atoms with Crippen molar-refractivity contribution in [2.75, 3.05) is 26.4 Å². The molecule has 0 spiro atoms. The van der Waals surface area contributed by atoms with Gasteiger partial charge < -0.3 is 15.2 Å². The molecule has 2 N–H and O–H groups in total. The highest BCUT2D eigenvalue weighted by Crippen LogP contribution is 2.30. The number of hydrogen-bond acceptors (Lipinski definition) is 4. The van der Waals surface area contributed by atoms with Crippen molar-refractivity contribution < 1.29 is 9.84 Å². The molecule has 114 valence electrons. The minimum atomic E-state index is -0.0272. The number of nitrogens with zero attached hydrogens (tertiary/aromatic N) is 2. The van der Waals surface area contributed by atoms with E-state index in [1.54, 1.807) is 0 Å². The van der Waals surface area contributed by atoms with Crippen molar-refractivity contribution in [2.24, 2.45) is 5.41 Å². The van der Waals surface area contributed by atoms with Gasteiger partial charge in [-0.1, -0.05) is 0 Å². The third-order valence-electron chi connectivity index (χ3n) is 4.32. The Balaban J connectivity index is 1.91. The van der Waals surface area contributed by atoms with Crippen LogP contribution in [0.5, 0.6) is 0 Å². The molecule has 1 unspecified atom stereocenters. The SMILES string of the molecule is CC(NCC1(CO)CCOCC1)c1cnn(C(C)C)c1. The van der Waals surface area contributed by atoms with Crippen LogP contribution in [0.4, 0.5) is 0 Å². The Morgan fingerprint density at radius 3 is 2.65 bits per heavy atom. The molecule has 1 saturated heterocycles. The maximum atomic E-state index is 9.69. The summed E-state index contributed by atoms with van der Waals surface area (Å²) in [5.41, 5.74) is 1.17. The molecule has 1 aromatic rings. The largest absolute Gasteiger partial charge is 0.396 e. The van der Waals surface area contributed by atoms with Gasteiger partial charge in [-0.2, -0.15) is 5.10 Å². The average Bonchev–Trinajstić information content (AvgIpc) is 2.96. The number of rotatable bonds is 6. The molecule has 0 aromatic carbocycles. The van der Waals surface area contributed by atoms with Gasteiger partial charge in [0.1, 0.15) is 0 Å². The standard InChI is InChI=1S/C15H27N3O2/c1-12(2)18-9-14(8-17-18)13(3)16-10-15(11-19)4-6-20-7-5-15/h8-9,12-13,16,19H,4-7,10-11H2,1-3H3. The van der Waals surface area contributed by atoms with Crippen molar-refractivity contribution in [1.82, 2.24) is 15.1 Å². The lowest BCUT2D eigenvalue weighted by Gasteiger charge is -2.36. The van der Waals surface area contributed by atoms with E-state index < -0.39 is 0 Å². The first-order chi connectivity index (χ1) is 9.56. The minimum absolute atomic E-state index is 0.0272. The molecule has 2 heterocycles. The third-order valence-corrected chi connectivity index (χ3v) is 4.32. The molecule has 1 aliphatic heterocycles. The topological polar surface area (TPSA) is 59.3 Å². The molecule has 0 amide bonds. The Kier molecular flexibility index (Phi) is 5.18. The van der Waals surface area contributed by atoms with Crippen molar-refractivity contribution in [2.45, 2.75) is 45.7 Å². The third kappa shape index (κ3) is 3.59. The minimum Gasteiger partial charge on any atom is -0.396 e. The van der Waals surface area contributed by atoms with E-state index in [-0.39, 0.29) is 18.1 Å². The molecule has 5 nitrogen and oxygen atoms in total. The Morgan fingerprint density at radius 2 is 2.10 bits per heavy atom. The zero-order valence-electron chi connectivity index (χ0n) is 12.8. The van der Waals surface area contributed by atoms with E-state index in [4.69, 9.17) is 4.74 Å². The fourth-order valence-corrected chi connectivity index (χ4v) is 2.54. The molecule has 1 fully saturated rings. The molecule has 20 heavy (non-hydrogen) atoms. The summed E-state index contributed by atoms with van der Waals surface area (Å²) in [7, 11) is 0. The Morgan fingerprint density at radius 1 is 1.40 bits per heavy atom. The molecule has 0 saturated carbocycles. The number of nitrogens with one attached hydrogen (secondary N) is 1. The van der Waals surface area contributed by atoms with Gasteiger partial charge in [-0.25, -0.2) is 0 Å². The molecule has 1 atom stereocenters. The predicted molar refractivity (Wildman–Crippen MR) is 78.6 cm³/mol. The van der Waals surface area contributed by atoms with Gasteiger partial charge in [0.2, 0.25) is 0 Å². The lowest BCUT2D eigenvalue weighted by Crippen LogP contribution is -2.42. The molecule has 5 heteroatoms. The molecular weight excluding hydrogens is 254 g/mol. The van der Waals surface area contributed by atoms with Crippen LogP contribution in [0.25, 0.3) is 0 Å². The summed E-state index contributed by atoms with van der Waals surface area (Å²) in [6, 6.07) is 0.629. The highest BCUT2D eigenvalue weighted by atomic mass is 16.5. The second-order valence-corrected chi connectivity index (χ2v) is 6.22. The maximum absolute atomic E-state index is 9.69. The van der Waals surface area contributed by atoms with E-state index in [0.29, 0.717) is 6.04 Å². The quantitative estimate of drug-likeness (QED) is 0.836. The van der Waals surface area contributed by atoms with Crippen molar-refractivity contribution in [3.05, 3.63) is 18.0 Å². The van der Waals surface area contributed by atoms with Gasteiger partial charge in [-0.05, 0) is 33.6 Å². The van der Waals surface area contributed by atoms with Gasteiger partial charge in [0.15, 0.2) is 0 Å². The van der Waals surface area contributed by atoms with Crippen LogP contribution < -0.4 is 5.32 Å². The molecule has 0 aliphatic carbocycles. The van der Waals surface area contributed by atoms with Crippen LogP contribution in [0, 0.1) is 5.41 Å². The first kappa shape index (κ1) is 15.5. The maximum Gasteiger partial charge on any atom is 0.0537 e. The monoisotopic (exact) mass is 281 g/mol. The van der Waals surface area contributed by atoms with E-state index in [0.717, 1.165) is 32.6 Å². The number of ether oxygens (including phenoxy) is 1. The first-order valence-corrected chi connectivity index (χ1v) is 7.52. The normalized spacial score (nSPS) is 20.2. The lowest BCUT2D eigenvalue weighted by molar-refractivity contribution is -0.0163. The number of aromatic nitrogens is 2. The van der Waals surface area contributed by atoms with E-state index in [1.807, 2.05) is 10.9 Å². The van der Waals surface area contributed by atoms with Crippen LogP contribution in [-0.4, -0.2) is 41.3 Å². The van der Waals surface area contributed by atoms with E-state index >= 15 is 0 Å². The summed E-state index contributed by atoms with van der Waals surface area (Å²) in [6.45, 7) is 8.94. The first-order valence-electron chi connectivity index (χ1n) is 7.52. The molecular formula is C15H27N3O2. The van der Waals surface area contributed by atoms with Gasteiger partial charge in [0, 0.05) is 49.0 Å². The number of aliphatic hydroxyl groups is 1. The average molecular weight is 281 g/mol. The Bertz CT molecular complexity index is 411. The summed E-state index contributed by atoms with van der Waals surface area (Å²) in [4.78, 5) is 0. The molecule has 0 bridgehead atoms. The number of hydrogen-bond donors (Lipinski definition) is 2. The molecule has 0 radical (unpaired) electrons. The van der Waals surface area contributed by atoms with Gasteiger partial charge in [0.05, 0.1) is 12.8 Å². The summed E-state index contributed by atoms with van der Waals surface area (Å²) in [6.07, 6.45) is 5.87. The van der Waals surface area contributed by atoms with Crippen molar-refractivity contribution >= 4 is 0 Å². The summed E-state index contributed by atoms with van der Waals surface area (Å²) in [5.74, 6) is 0. The van der Waals surface area contributed by atoms with Crippen molar-refractivity contribution in [1.29, 1.82) is 0 Å². The predicted octanol–water partition coefficient (Wildman–Crippen LogP) is 1.90. The van der Waals surface area contributed by atoms with Crippen LogP contribution in [0.15, 0.2) is 12.4 Å². The van der Waals surface area contributed by atoms with Crippen LogP contribution in [0.1, 0.15) is 51.3 Å². The van der Waals surface area contributed by atoms with Crippen molar-refractivity contribution in [3.63, 3.8) is 0 Å². The van der Waals surface area contributed by atoms with E-state index in [1.165, 1.54) is 5.56 Å². The molecule has 1 aliphatic rings. The summed E-state index contributed by atoms with van der Waals surface area (Å²) < 4.78 is 7.37. The summed E-state index contributed by atoms with van der Waals surface area (Å²) >= 11 is 0. The van der Waals surface area contributed by atoms with Crippen LogP contribution >= 0.6 is 0 Å². The molecule has 1 aromatic heterocycles. The van der Waals surface area contributed by atoms with Gasteiger partial charge in [-0.15, -0.1) is 0 Å². The highest BCUT2D eigenvalue weighted by molar-refractivity contribution is 5.09. The van der Waals surface area contributed by atoms with E-state index in [9.17, 15) is 5.11 Å². The van der Waals surface area contributed by atoms with Crippen LogP contribution in [-0.2, 0) is 4.74 Å². The lowest BCUT2D eigenvalue weighted by atomic mass is 9.81. The smallest absolute Gasteiger partial charge is 0.0537 e. The van der Waals surface area contributed by atoms with Gasteiger partial charge >= 0.3 is 0 Å². The Hall–Kier alpha value is -0.910. The zero-order valence-corrected chi connectivity index (χ0v) is 12.8. The van der Waals surface area contributed by atoms with Crippen LogP contribution in [0.2, 0.25) is 0 Å². The highest BCUT2D eigenvalue weighted by Gasteiger charge is 2.32. The fourth-order valence-electron chi connectivity index (χ4n) is 2.54. The van der Waals surface area contributed by atoms with Gasteiger partial charge in [0.25, 0.3) is 0 Å². The number of aliphatic hydroxyl groups excluding tert-OH is 1. The van der Waals surface area contributed by atoms with Gasteiger partial charge in [-0.3, -0.25) is 4.68 Å². The molecule has 2 rings (SSSR count). The van der Waals surface area contributed by atoms with Crippen LogP contribution in [0.3, 0.4) is 0 Å². The fraction of sp³-hybridized carbons (Fsp3) is 0.800.